The topological polar surface area (TPSA) is 325 Å². The summed E-state index contributed by atoms with van der Waals surface area (Å²) in [6, 6.07) is -1.06. The molecule has 0 spiro atoms. The summed E-state index contributed by atoms with van der Waals surface area (Å²) in [4.78, 5) is 65.2. The van der Waals surface area contributed by atoms with E-state index in [-0.39, 0.29) is 68.1 Å². The average Bonchev–Trinajstić information content (AvgIpc) is 3.18. The molecule has 0 bridgehead atoms. The molecule has 0 aliphatic carbocycles. The summed E-state index contributed by atoms with van der Waals surface area (Å²) < 4.78 is 0. The molecule has 0 aromatic carbocycles. The SMILES string of the molecule is Cl.O=C([O-])C1CC[N-]C(C2CC(C(=O)[O-])CC[N-]2)C1.O=C([O-])C1CC[N-]C(C2CC(C(=O)[O-])CC[N-]2)C1.O=C([O-])C1CC[N-]C(C2CC(C(=O)[O-])CC[N-]2)C1.[Ru+8]. The maximum atomic E-state index is 10.9. The van der Waals surface area contributed by atoms with E-state index in [1.807, 2.05) is 0 Å². The number of carbonyl (C=O) groups is 6. The second kappa shape index (κ2) is 24.4. The van der Waals surface area contributed by atoms with Gasteiger partial charge in [0.05, 0.1) is 0 Å². The Balaban J connectivity index is 0.000000285. The van der Waals surface area contributed by atoms with E-state index in [1.54, 1.807) is 0 Å². The molecule has 6 heterocycles. The molecule has 12 atom stereocenters. The van der Waals surface area contributed by atoms with Crippen molar-refractivity contribution in [1.82, 2.24) is 0 Å². The molecule has 18 nitrogen and oxygen atoms in total. The van der Waals surface area contributed by atoms with Crippen molar-refractivity contribution in [2.24, 2.45) is 35.5 Å². The number of aliphatic carboxylic acids is 6. The quantitative estimate of drug-likeness (QED) is 0.207. The van der Waals surface area contributed by atoms with Crippen molar-refractivity contribution in [3.63, 3.8) is 0 Å². The number of rotatable bonds is 9. The molecule has 20 heteroatoms. The Kier molecular flexibility index (Phi) is 21.6. The number of carbonyl (C=O) groups excluding carboxylic acids is 6. The summed E-state index contributed by atoms with van der Waals surface area (Å²) >= 11 is 0. The van der Waals surface area contributed by atoms with Crippen LogP contribution in [0.15, 0.2) is 0 Å². The molecule has 314 valence electrons. The van der Waals surface area contributed by atoms with Crippen molar-refractivity contribution in [3.8, 4) is 0 Å². The fraction of sp³-hybridized carbons (Fsp3) is 0.833. The average molecular weight is 894 g/mol. The van der Waals surface area contributed by atoms with Crippen LogP contribution in [0, 0.1) is 35.5 Å². The third kappa shape index (κ3) is 15.0. The Labute approximate surface area is 346 Å². The summed E-state index contributed by atoms with van der Waals surface area (Å²) in [5.74, 6) is -9.12. The van der Waals surface area contributed by atoms with Gasteiger partial charge in [-0.15, -0.1) is 51.7 Å². The second-order valence-electron chi connectivity index (χ2n) is 15.1. The third-order valence-corrected chi connectivity index (χ3v) is 11.5. The van der Waals surface area contributed by atoms with Crippen LogP contribution in [0.2, 0.25) is 0 Å². The van der Waals surface area contributed by atoms with Crippen LogP contribution < -0.4 is 30.6 Å². The van der Waals surface area contributed by atoms with Crippen LogP contribution in [0.1, 0.15) is 77.0 Å². The molecule has 0 N–H and O–H groups in total. The van der Waals surface area contributed by atoms with E-state index in [9.17, 15) is 59.4 Å². The van der Waals surface area contributed by atoms with Gasteiger partial charge in [-0.2, -0.15) is 36.3 Å². The molecule has 6 aliphatic heterocycles. The molecule has 0 saturated carbocycles. The van der Waals surface area contributed by atoms with Crippen LogP contribution >= 0.6 is 12.4 Å². The van der Waals surface area contributed by atoms with Crippen molar-refractivity contribution in [2.45, 2.75) is 113 Å². The van der Waals surface area contributed by atoms with Crippen LogP contribution in [0.5, 0.6) is 0 Å². The van der Waals surface area contributed by atoms with Gasteiger partial charge in [0.15, 0.2) is 0 Å². The van der Waals surface area contributed by atoms with E-state index in [1.165, 1.54) is 0 Å². The molecule has 0 amide bonds. The molecule has 6 fully saturated rings. The maximum absolute atomic E-state index is 10.9. The first-order valence-electron chi connectivity index (χ1n) is 19.0. The number of hydrogen-bond donors (Lipinski definition) is 0. The smallest absolute Gasteiger partial charge is 0.661 e. The van der Waals surface area contributed by atoms with Crippen LogP contribution in [-0.4, -0.2) is 111 Å². The minimum atomic E-state index is -1.04. The molecule has 0 radical (unpaired) electrons. The Hall–Kier alpha value is -2.51. The zero-order valence-corrected chi connectivity index (χ0v) is 33.6. The first-order valence-corrected chi connectivity index (χ1v) is 19.0. The zero-order chi connectivity index (χ0) is 39.4. The van der Waals surface area contributed by atoms with Gasteiger partial charge >= 0.3 is 19.5 Å². The monoisotopic (exact) mass is 894 g/mol. The Morgan fingerprint density at radius 3 is 0.536 bits per heavy atom. The largest absolute Gasteiger partial charge is 8.00 e. The summed E-state index contributed by atoms with van der Waals surface area (Å²) in [5.41, 5.74) is 0. The normalized spacial score (nSPS) is 35.8. The van der Waals surface area contributed by atoms with Gasteiger partial charge in [-0.05, 0) is 35.5 Å². The van der Waals surface area contributed by atoms with Gasteiger partial charge in [-0.3, -0.25) is 0 Å². The van der Waals surface area contributed by atoms with Crippen molar-refractivity contribution in [3.05, 3.63) is 31.9 Å². The van der Waals surface area contributed by atoms with Crippen molar-refractivity contribution >= 4 is 48.2 Å². The summed E-state index contributed by atoms with van der Waals surface area (Å²) in [7, 11) is 0. The van der Waals surface area contributed by atoms with Crippen LogP contribution in [-0.2, 0) is 48.2 Å². The molecule has 0 aromatic heterocycles. The number of hydrogen-bond acceptors (Lipinski definition) is 12. The van der Waals surface area contributed by atoms with Gasteiger partial charge in [0.2, 0.25) is 0 Å². The van der Waals surface area contributed by atoms with E-state index < -0.39 is 71.3 Å². The summed E-state index contributed by atoms with van der Waals surface area (Å²) in [5, 5.41) is 91.5. The van der Waals surface area contributed by atoms with E-state index in [4.69, 9.17) is 0 Å². The van der Waals surface area contributed by atoms with Gasteiger partial charge in [0.1, 0.15) is 0 Å². The Bertz CT molecular complexity index is 1070. The molecule has 56 heavy (non-hydrogen) atoms. The second-order valence-corrected chi connectivity index (χ2v) is 15.1. The fourth-order valence-corrected chi connectivity index (χ4v) is 8.24. The number of piperidine rings is 6. The Morgan fingerprint density at radius 1 is 0.304 bits per heavy atom. The predicted octanol–water partition coefficient (Wildman–Crippen LogP) is -3.21. The van der Waals surface area contributed by atoms with E-state index in [0.29, 0.717) is 116 Å². The maximum Gasteiger partial charge on any atom is 8.00 e. The predicted molar refractivity (Wildman–Crippen MR) is 186 cm³/mol. The van der Waals surface area contributed by atoms with Gasteiger partial charge in [-0.25, -0.2) is 0 Å². The molecule has 12 unspecified atom stereocenters. The molecule has 0 aromatic rings. The van der Waals surface area contributed by atoms with Crippen molar-refractivity contribution in [1.29, 1.82) is 0 Å². The third-order valence-electron chi connectivity index (χ3n) is 11.5. The van der Waals surface area contributed by atoms with Gasteiger partial charge in [-0.1, -0.05) is 77.0 Å². The number of halogens is 1. The summed E-state index contributed by atoms with van der Waals surface area (Å²) in [6.07, 6.45) is 5.53. The minimum absolute atomic E-state index is 0. The minimum Gasteiger partial charge on any atom is -0.661 e. The van der Waals surface area contributed by atoms with E-state index in [0.717, 1.165) is 0 Å². The van der Waals surface area contributed by atoms with Gasteiger partial charge in [0.25, 0.3) is 0 Å². The Morgan fingerprint density at radius 2 is 0.429 bits per heavy atom. The van der Waals surface area contributed by atoms with Gasteiger partial charge in [0, 0.05) is 35.8 Å². The first kappa shape index (κ1) is 49.6. The van der Waals surface area contributed by atoms with Crippen LogP contribution in [0.25, 0.3) is 31.9 Å². The number of carboxylic acid groups (broad SMARTS) is 6. The molecular formula is C36H49ClN6O12Ru-4. The molecular weight excluding hydrogens is 845 g/mol. The van der Waals surface area contributed by atoms with Crippen LogP contribution in [0.3, 0.4) is 0 Å². The van der Waals surface area contributed by atoms with Crippen molar-refractivity contribution in [2.75, 3.05) is 39.3 Å². The number of nitrogens with zero attached hydrogens (tertiary/aromatic N) is 6. The summed E-state index contributed by atoms with van der Waals surface area (Å²) in [6.45, 7) is 2.95. The van der Waals surface area contributed by atoms with E-state index >= 15 is 0 Å². The van der Waals surface area contributed by atoms with E-state index in [2.05, 4.69) is 31.9 Å². The van der Waals surface area contributed by atoms with Crippen LogP contribution in [0.4, 0.5) is 0 Å². The number of carboxylic acids is 6. The zero-order valence-electron chi connectivity index (χ0n) is 31.0. The first-order chi connectivity index (χ1) is 25.7. The molecule has 6 aliphatic rings. The fourth-order valence-electron chi connectivity index (χ4n) is 8.24. The molecule has 6 rings (SSSR count). The standard InChI is InChI=1S/3C12H18N2O4.ClH.Ru/c3*15-11(16)7-1-3-13-9(5-7)10-6-8(12(17)18)2-4-14-10;;/h3*7-10H,1-6H2,(H,15,16)(H,17,18);1H;/q3*-2;;+8/p-6. The molecule has 6 saturated heterocycles. The van der Waals surface area contributed by atoms with Crippen molar-refractivity contribution < 1.29 is 78.9 Å². The van der Waals surface area contributed by atoms with Gasteiger partial charge < -0.3 is 91.3 Å².